The number of hydrogen-bond donors (Lipinski definition) is 4. The molecule has 6 atom stereocenters. The summed E-state index contributed by atoms with van der Waals surface area (Å²) in [5, 5.41) is 40.2. The Labute approximate surface area is 371 Å². The van der Waals surface area contributed by atoms with Crippen LogP contribution in [0.2, 0.25) is 0 Å². The zero-order valence-corrected chi connectivity index (χ0v) is 38.7. The lowest BCUT2D eigenvalue weighted by atomic mass is 9.99. The second kappa shape index (κ2) is 41.7. The summed E-state index contributed by atoms with van der Waals surface area (Å²) in [7, 11) is 0. The van der Waals surface area contributed by atoms with Gasteiger partial charge in [-0.15, -0.1) is 0 Å². The van der Waals surface area contributed by atoms with Crippen LogP contribution in [0.25, 0.3) is 0 Å². The topological polar surface area (TPSA) is 152 Å². The highest BCUT2D eigenvalue weighted by molar-refractivity contribution is 5.70. The number of allylic oxidation sites excluding steroid dienone is 8. The number of unbranched alkanes of at least 4 members (excludes halogenated alkanes) is 22. The number of esters is 2. The molecule has 0 amide bonds. The average molecular weight is 863 g/mol. The number of rotatable bonds is 41. The third-order valence-electron chi connectivity index (χ3n) is 11.2. The van der Waals surface area contributed by atoms with Crippen LogP contribution in [0.1, 0.15) is 206 Å². The zero-order valence-electron chi connectivity index (χ0n) is 38.7. The van der Waals surface area contributed by atoms with E-state index in [0.717, 1.165) is 64.2 Å². The van der Waals surface area contributed by atoms with E-state index < -0.39 is 49.4 Å². The quantitative estimate of drug-likeness (QED) is 0.0265. The van der Waals surface area contributed by atoms with E-state index in [4.69, 9.17) is 18.9 Å². The summed E-state index contributed by atoms with van der Waals surface area (Å²) in [6.07, 6.45) is 42.5. The lowest BCUT2D eigenvalue weighted by molar-refractivity contribution is -0.305. The van der Waals surface area contributed by atoms with Gasteiger partial charge in [0.1, 0.15) is 31.0 Å². The first-order valence-electron chi connectivity index (χ1n) is 24.7. The number of aliphatic hydroxyl groups is 4. The molecule has 1 saturated heterocycles. The van der Waals surface area contributed by atoms with E-state index in [1.807, 2.05) is 0 Å². The van der Waals surface area contributed by atoms with Gasteiger partial charge in [0.2, 0.25) is 0 Å². The summed E-state index contributed by atoms with van der Waals surface area (Å²) >= 11 is 0. The van der Waals surface area contributed by atoms with Crippen molar-refractivity contribution in [2.45, 2.75) is 243 Å². The Morgan fingerprint density at radius 2 is 0.918 bits per heavy atom. The number of carbonyl (C=O) groups excluding carboxylic acids is 2. The molecule has 0 saturated carbocycles. The van der Waals surface area contributed by atoms with Crippen molar-refractivity contribution in [3.63, 3.8) is 0 Å². The van der Waals surface area contributed by atoms with Gasteiger partial charge in [-0.3, -0.25) is 9.59 Å². The predicted molar refractivity (Wildman–Crippen MR) is 247 cm³/mol. The number of ether oxygens (including phenoxy) is 4. The summed E-state index contributed by atoms with van der Waals surface area (Å²) in [5.41, 5.74) is 0. The Hall–Kier alpha value is -2.34. The Kier molecular flexibility index (Phi) is 38.7. The van der Waals surface area contributed by atoms with Gasteiger partial charge in [-0.1, -0.05) is 165 Å². The fourth-order valence-corrected chi connectivity index (χ4v) is 7.25. The lowest BCUT2D eigenvalue weighted by Gasteiger charge is -2.39. The van der Waals surface area contributed by atoms with Gasteiger partial charge >= 0.3 is 11.9 Å². The first-order chi connectivity index (χ1) is 29.8. The van der Waals surface area contributed by atoms with Crippen LogP contribution in [-0.2, 0) is 28.5 Å². The molecule has 0 aromatic rings. The Bertz CT molecular complexity index is 1130. The van der Waals surface area contributed by atoms with Crippen LogP contribution < -0.4 is 0 Å². The monoisotopic (exact) mass is 863 g/mol. The molecule has 4 N–H and O–H groups in total. The Morgan fingerprint density at radius 3 is 1.36 bits per heavy atom. The lowest BCUT2D eigenvalue weighted by Crippen LogP contribution is -2.59. The van der Waals surface area contributed by atoms with Gasteiger partial charge in [0.05, 0.1) is 13.2 Å². The standard InChI is InChI=1S/C51H90O10/c1-3-5-7-9-11-13-15-17-19-21-22-24-26-28-30-32-34-36-38-40-47(54)60-44(43-59-51-50(57)49(56)48(55)45(41-52)61-51)42-58-46(53)39-37-35-33-31-29-27-25-23-20-18-16-14-12-10-8-6-4-2/h11-14,17-20,44-45,48-52,55-57H,3-10,15-16,21-43H2,1-2H3/b13-11-,14-12-,19-17-,20-18-. The van der Waals surface area contributed by atoms with Gasteiger partial charge in [-0.2, -0.15) is 0 Å². The molecule has 0 spiro atoms. The van der Waals surface area contributed by atoms with E-state index in [0.29, 0.717) is 12.8 Å². The second-order valence-corrected chi connectivity index (χ2v) is 16.9. The highest BCUT2D eigenvalue weighted by Gasteiger charge is 2.44. The molecule has 0 radical (unpaired) electrons. The molecular weight excluding hydrogens is 773 g/mol. The van der Waals surface area contributed by atoms with Gasteiger partial charge in [0.25, 0.3) is 0 Å². The minimum atomic E-state index is -1.60. The van der Waals surface area contributed by atoms with Crippen LogP contribution in [0.15, 0.2) is 48.6 Å². The van der Waals surface area contributed by atoms with Crippen molar-refractivity contribution < 1.29 is 49.0 Å². The summed E-state index contributed by atoms with van der Waals surface area (Å²) in [5.74, 6) is -0.818. The van der Waals surface area contributed by atoms with E-state index in [1.54, 1.807) is 0 Å². The Balaban J connectivity index is 2.29. The molecular formula is C51H90O10. The maximum atomic E-state index is 12.8. The maximum Gasteiger partial charge on any atom is 0.306 e. The molecule has 1 fully saturated rings. The zero-order chi connectivity index (χ0) is 44.4. The molecule has 6 unspecified atom stereocenters. The summed E-state index contributed by atoms with van der Waals surface area (Å²) in [6, 6.07) is 0. The highest BCUT2D eigenvalue weighted by Crippen LogP contribution is 2.23. The minimum absolute atomic E-state index is 0.222. The smallest absolute Gasteiger partial charge is 0.306 e. The van der Waals surface area contributed by atoms with Crippen LogP contribution in [-0.4, -0.2) is 89.0 Å². The Morgan fingerprint density at radius 1 is 0.508 bits per heavy atom. The van der Waals surface area contributed by atoms with E-state index >= 15 is 0 Å². The van der Waals surface area contributed by atoms with Crippen LogP contribution in [0.5, 0.6) is 0 Å². The molecule has 0 bridgehead atoms. The van der Waals surface area contributed by atoms with Crippen molar-refractivity contribution in [1.29, 1.82) is 0 Å². The molecule has 1 rings (SSSR count). The van der Waals surface area contributed by atoms with Gasteiger partial charge < -0.3 is 39.4 Å². The van der Waals surface area contributed by atoms with Crippen molar-refractivity contribution in [1.82, 2.24) is 0 Å². The SMILES string of the molecule is CCCCC/C=C\C/C=C\CCCCCCCCCCCC(=O)OC(COC(=O)CCCCCCCCC/C=C\C/C=C\CCCCC)COC1OC(CO)C(O)C(O)C1O. The minimum Gasteiger partial charge on any atom is -0.462 e. The molecule has 0 aliphatic carbocycles. The summed E-state index contributed by atoms with van der Waals surface area (Å²) < 4.78 is 22.2. The summed E-state index contributed by atoms with van der Waals surface area (Å²) in [6.45, 7) is 3.37. The van der Waals surface area contributed by atoms with Crippen LogP contribution in [0, 0.1) is 0 Å². The van der Waals surface area contributed by atoms with Gasteiger partial charge in [0, 0.05) is 12.8 Å². The van der Waals surface area contributed by atoms with Crippen molar-refractivity contribution >= 4 is 11.9 Å². The van der Waals surface area contributed by atoms with Crippen molar-refractivity contribution in [3.8, 4) is 0 Å². The molecule has 1 aliphatic heterocycles. The third-order valence-corrected chi connectivity index (χ3v) is 11.2. The first kappa shape index (κ1) is 56.7. The van der Waals surface area contributed by atoms with Crippen LogP contribution in [0.3, 0.4) is 0 Å². The third kappa shape index (κ3) is 32.9. The molecule has 10 heteroatoms. The molecule has 354 valence electrons. The van der Waals surface area contributed by atoms with E-state index in [9.17, 15) is 30.0 Å². The fraction of sp³-hybridized carbons (Fsp3) is 0.804. The first-order valence-corrected chi connectivity index (χ1v) is 24.7. The predicted octanol–water partition coefficient (Wildman–Crippen LogP) is 11.2. The van der Waals surface area contributed by atoms with Crippen molar-refractivity contribution in [2.75, 3.05) is 19.8 Å². The van der Waals surface area contributed by atoms with E-state index in [1.165, 1.54) is 103 Å². The van der Waals surface area contributed by atoms with E-state index in [-0.39, 0.29) is 32.0 Å². The van der Waals surface area contributed by atoms with Gasteiger partial charge in [0.15, 0.2) is 12.4 Å². The molecule has 1 aliphatic rings. The van der Waals surface area contributed by atoms with Crippen molar-refractivity contribution in [3.05, 3.63) is 48.6 Å². The highest BCUT2D eigenvalue weighted by atomic mass is 16.7. The second-order valence-electron chi connectivity index (χ2n) is 16.9. The normalized spacial score (nSPS) is 20.1. The van der Waals surface area contributed by atoms with Gasteiger partial charge in [-0.05, 0) is 77.0 Å². The fourth-order valence-electron chi connectivity index (χ4n) is 7.25. The van der Waals surface area contributed by atoms with E-state index in [2.05, 4.69) is 62.5 Å². The molecule has 10 nitrogen and oxygen atoms in total. The largest absolute Gasteiger partial charge is 0.462 e. The molecule has 0 aromatic carbocycles. The maximum absolute atomic E-state index is 12.8. The molecule has 0 aromatic heterocycles. The van der Waals surface area contributed by atoms with Gasteiger partial charge in [-0.25, -0.2) is 0 Å². The van der Waals surface area contributed by atoms with Crippen LogP contribution >= 0.6 is 0 Å². The molecule has 1 heterocycles. The molecule has 61 heavy (non-hydrogen) atoms. The average Bonchev–Trinajstić information content (AvgIpc) is 3.26. The number of carbonyl (C=O) groups is 2. The number of hydrogen-bond acceptors (Lipinski definition) is 10. The summed E-state index contributed by atoms with van der Waals surface area (Å²) in [4.78, 5) is 25.4. The number of aliphatic hydroxyl groups excluding tert-OH is 4. The van der Waals surface area contributed by atoms with Crippen molar-refractivity contribution in [2.24, 2.45) is 0 Å². The van der Waals surface area contributed by atoms with Crippen LogP contribution in [0.4, 0.5) is 0 Å².